The summed E-state index contributed by atoms with van der Waals surface area (Å²) in [6.45, 7) is 10.7. The zero-order chi connectivity index (χ0) is 21.0. The van der Waals surface area contributed by atoms with Gasteiger partial charge in [-0.3, -0.25) is 0 Å². The van der Waals surface area contributed by atoms with E-state index in [-0.39, 0.29) is 0 Å². The first-order chi connectivity index (χ1) is 11.9. The normalized spacial score (nSPS) is 12.8. The molecular weight excluding hydrogens is 526 g/mol. The van der Waals surface area contributed by atoms with Crippen LogP contribution < -0.4 is 5.32 Å². The van der Waals surface area contributed by atoms with Gasteiger partial charge in [0.1, 0.15) is 0 Å². The molecule has 0 unspecified atom stereocenters. The molecular formula is C22H54BNSn2. The van der Waals surface area contributed by atoms with Crippen molar-refractivity contribution in [3.05, 3.63) is 0 Å². The second-order valence-corrected chi connectivity index (χ2v) is 45.7. The van der Waals surface area contributed by atoms with Crippen molar-refractivity contribution in [1.29, 1.82) is 0 Å². The molecule has 4 heteroatoms. The van der Waals surface area contributed by atoms with Gasteiger partial charge in [0, 0.05) is 0 Å². The molecule has 0 fully saturated rings. The number of hydrogen-bond acceptors (Lipinski definition) is 1. The summed E-state index contributed by atoms with van der Waals surface area (Å²) >= 11 is -3.97. The summed E-state index contributed by atoms with van der Waals surface area (Å²) in [4.78, 5) is 16.6. The molecule has 0 atom stereocenters. The molecule has 0 saturated carbocycles. The largest absolute Gasteiger partial charge is 0.323 e. The summed E-state index contributed by atoms with van der Waals surface area (Å²) in [7, 11) is 3.75. The molecule has 0 amide bonds. The maximum atomic E-state index is 2.76. The van der Waals surface area contributed by atoms with Crippen LogP contribution in [0.2, 0.25) is 49.5 Å². The molecule has 0 spiro atoms. The van der Waals surface area contributed by atoms with Crippen LogP contribution in [0.25, 0.3) is 0 Å². The molecule has 0 aliphatic rings. The fourth-order valence-electron chi connectivity index (χ4n) is 6.43. The Morgan fingerprint density at radius 3 is 1.19 bits per heavy atom. The van der Waals surface area contributed by atoms with Gasteiger partial charge in [-0.1, -0.05) is 0 Å². The van der Waals surface area contributed by atoms with Gasteiger partial charge in [-0.05, 0) is 14.1 Å². The summed E-state index contributed by atoms with van der Waals surface area (Å²) in [6.07, 6.45) is 11.5. The summed E-state index contributed by atoms with van der Waals surface area (Å²) in [5.74, 6) is 0. The molecule has 0 aliphatic heterocycles. The minimum absolute atomic E-state index is 0.693. The van der Waals surface area contributed by atoms with Crippen LogP contribution in [0.3, 0.4) is 0 Å². The third-order valence-corrected chi connectivity index (χ3v) is 52.2. The third kappa shape index (κ3) is 9.89. The molecule has 0 aliphatic carbocycles. The topological polar surface area (TPSA) is 12.0 Å². The van der Waals surface area contributed by atoms with Crippen molar-refractivity contribution in [2.75, 3.05) is 14.1 Å². The number of nitrogens with one attached hydrogen (secondary N) is 1. The molecule has 1 N–H and O–H groups in total. The summed E-state index contributed by atoms with van der Waals surface area (Å²) in [5, 5.41) is 3.44. The monoisotopic (exact) mass is 583 g/mol. The van der Waals surface area contributed by atoms with Crippen molar-refractivity contribution in [3.8, 4) is 0 Å². The molecule has 0 heterocycles. The predicted molar refractivity (Wildman–Crippen MR) is 134 cm³/mol. The molecule has 0 aromatic heterocycles. The second kappa shape index (κ2) is 14.6. The van der Waals surface area contributed by atoms with Crippen molar-refractivity contribution in [1.82, 2.24) is 5.32 Å². The Bertz CT molecular complexity index is 308. The van der Waals surface area contributed by atoms with Gasteiger partial charge < -0.3 is 5.32 Å². The number of hydrogen-bond donors (Lipinski definition) is 1. The van der Waals surface area contributed by atoms with E-state index in [0.29, 0.717) is 5.31 Å². The summed E-state index contributed by atoms with van der Waals surface area (Å²) < 4.78 is 1.19. The van der Waals surface area contributed by atoms with Crippen molar-refractivity contribution in [2.24, 2.45) is 0 Å². The van der Waals surface area contributed by atoms with E-state index in [9.17, 15) is 0 Å². The molecule has 26 heavy (non-hydrogen) atoms. The second-order valence-electron chi connectivity index (χ2n) is 10.7. The van der Waals surface area contributed by atoms with E-state index in [0.717, 1.165) is 6.71 Å². The Morgan fingerprint density at radius 2 is 1.00 bits per heavy atom. The van der Waals surface area contributed by atoms with Gasteiger partial charge in [-0.15, -0.1) is 0 Å². The first kappa shape index (κ1) is 29.8. The summed E-state index contributed by atoms with van der Waals surface area (Å²) in [5.41, 5.74) is 0. The van der Waals surface area contributed by atoms with E-state index < -0.39 is 36.8 Å². The van der Waals surface area contributed by atoms with Gasteiger partial charge in [0.25, 0.3) is 0 Å². The van der Waals surface area contributed by atoms with E-state index in [2.05, 4.69) is 62.6 Å². The maximum Gasteiger partial charge on any atom is -0.0167 e. The quantitative estimate of drug-likeness (QED) is 0.230. The van der Waals surface area contributed by atoms with Gasteiger partial charge in [-0.2, -0.15) is 0 Å². The zero-order valence-electron chi connectivity index (χ0n) is 20.8. The van der Waals surface area contributed by atoms with Crippen molar-refractivity contribution in [3.63, 3.8) is 0 Å². The first-order valence-corrected chi connectivity index (χ1v) is 31.9. The van der Waals surface area contributed by atoms with E-state index >= 15 is 0 Å². The zero-order valence-corrected chi connectivity index (χ0v) is 26.5. The van der Waals surface area contributed by atoms with Gasteiger partial charge in [0.05, 0.1) is 0 Å². The van der Waals surface area contributed by atoms with Gasteiger partial charge in [0.2, 0.25) is 0 Å². The molecule has 0 rings (SSSR count). The van der Waals surface area contributed by atoms with Gasteiger partial charge in [0.15, 0.2) is 0 Å². The Balaban J connectivity index is 0. The Morgan fingerprint density at radius 1 is 0.692 bits per heavy atom. The Hall–Kier alpha value is 1.62. The first-order valence-electron chi connectivity index (χ1n) is 11.5. The molecule has 0 aromatic carbocycles. The molecule has 0 radical (unpaired) electrons. The Labute approximate surface area is 177 Å². The minimum atomic E-state index is -1.99. The molecule has 0 aromatic rings. The molecule has 1 nitrogen and oxygen atoms in total. The average molecular weight is 581 g/mol. The van der Waals surface area contributed by atoms with E-state index in [4.69, 9.17) is 0 Å². The van der Waals surface area contributed by atoms with Crippen LogP contribution in [0.5, 0.6) is 0 Å². The smallest absolute Gasteiger partial charge is 0.0167 e. The maximum absolute atomic E-state index is 2.76. The van der Waals surface area contributed by atoms with Crippen LogP contribution in [0.15, 0.2) is 0 Å². The molecule has 158 valence electrons. The minimum Gasteiger partial charge on any atom is -0.323 e. The van der Waals surface area contributed by atoms with Gasteiger partial charge >= 0.3 is 159 Å². The van der Waals surface area contributed by atoms with E-state index in [1.165, 1.54) is 53.1 Å². The molecule has 0 bridgehead atoms. The van der Waals surface area contributed by atoms with Crippen LogP contribution in [0.4, 0.5) is 0 Å². The fourth-order valence-corrected chi connectivity index (χ4v) is 76.4. The van der Waals surface area contributed by atoms with Crippen LogP contribution >= 0.6 is 0 Å². The van der Waals surface area contributed by atoms with Crippen LogP contribution in [0.1, 0.15) is 66.2 Å². The SMILES string of the molecule is CCCB(CCC)C(CCC)(CCC)[CH]([Sn]([CH3])([CH3])[CH3])[Sn]([CH3])([CH3])[CH3].CNC. The van der Waals surface area contributed by atoms with Crippen molar-refractivity contribution in [2.45, 2.75) is 116 Å². The standard InChI is InChI=1S/C14H29B.C2H7N.6CH3.2Sn/c1-6-10-14(5,11-7-2)15(12-8-3)13-9-4;1-3-2;;;;;;;;/h5H,6-13H2,1-4H3;3H,1-2H3;6*1H3;;. The predicted octanol–water partition coefficient (Wildman–Crippen LogP) is 8.06. The van der Waals surface area contributed by atoms with Crippen LogP contribution in [0, 0.1) is 0 Å². The average Bonchev–Trinajstić information content (AvgIpc) is 2.45. The summed E-state index contributed by atoms with van der Waals surface area (Å²) in [6, 6.07) is 0. The van der Waals surface area contributed by atoms with Gasteiger partial charge in [-0.25, -0.2) is 0 Å². The van der Waals surface area contributed by atoms with Crippen molar-refractivity contribution < 1.29 is 0 Å². The Kier molecular flexibility index (Phi) is 16.7. The fraction of sp³-hybridized carbons (Fsp3) is 1.00. The van der Waals surface area contributed by atoms with Crippen LogP contribution in [-0.4, -0.2) is 57.6 Å². The third-order valence-electron chi connectivity index (χ3n) is 5.83. The molecule has 0 saturated heterocycles. The van der Waals surface area contributed by atoms with E-state index in [1.807, 2.05) is 14.1 Å². The van der Waals surface area contributed by atoms with E-state index in [1.54, 1.807) is 0 Å². The number of rotatable bonds is 12. The van der Waals surface area contributed by atoms with Crippen LogP contribution in [-0.2, 0) is 0 Å². The van der Waals surface area contributed by atoms with Crippen molar-refractivity contribution >= 4 is 43.5 Å².